The van der Waals surface area contributed by atoms with Crippen LogP contribution >= 0.6 is 0 Å². The molecule has 0 aliphatic heterocycles. The van der Waals surface area contributed by atoms with Gasteiger partial charge in [-0.05, 0) is 103 Å². The number of fused-ring (bicyclic) bond motifs is 2. The standard InChI is InChI=1S/C28H52N4O4/c1-19-20-9-10-21(15-20)24(19)17-22(25(29)33)16-23(26(34)36-14-13-32(6)7)18-28(2,3)27(35)30-11-8-12-31(4)5/h19-24H,8-18H2,1-7H3,(H2,29,33)(H,30,35). The molecule has 8 heteroatoms. The number of ether oxygens (including phenoxy) is 1. The van der Waals surface area contributed by atoms with Crippen molar-refractivity contribution in [1.29, 1.82) is 0 Å². The number of carbonyl (C=O) groups excluding carboxylic acids is 3. The second kappa shape index (κ2) is 13.8. The molecule has 36 heavy (non-hydrogen) atoms. The second-order valence-electron chi connectivity index (χ2n) is 12.6. The Balaban J connectivity index is 2.08. The van der Waals surface area contributed by atoms with Gasteiger partial charge < -0.3 is 25.6 Å². The summed E-state index contributed by atoms with van der Waals surface area (Å²) in [6.45, 7) is 8.43. The molecular formula is C28H52N4O4. The molecule has 0 radical (unpaired) electrons. The van der Waals surface area contributed by atoms with Crippen molar-refractivity contribution in [3.05, 3.63) is 0 Å². The predicted molar refractivity (Wildman–Crippen MR) is 143 cm³/mol. The monoisotopic (exact) mass is 508 g/mol. The fourth-order valence-corrected chi connectivity index (χ4v) is 6.36. The third-order valence-corrected chi connectivity index (χ3v) is 8.62. The van der Waals surface area contributed by atoms with E-state index in [1.165, 1.54) is 19.3 Å². The number of nitrogens with two attached hydrogens (primary N) is 1. The first kappa shape index (κ1) is 30.6. The van der Waals surface area contributed by atoms with Crippen molar-refractivity contribution in [2.75, 3.05) is 54.4 Å². The number of rotatable bonds is 16. The van der Waals surface area contributed by atoms with Crippen LogP contribution in [0.4, 0.5) is 0 Å². The van der Waals surface area contributed by atoms with Gasteiger partial charge in [0.2, 0.25) is 11.8 Å². The first-order valence-corrected chi connectivity index (χ1v) is 13.9. The molecule has 0 spiro atoms. The van der Waals surface area contributed by atoms with Crippen LogP contribution in [0.2, 0.25) is 0 Å². The highest BCUT2D eigenvalue weighted by Crippen LogP contribution is 2.54. The van der Waals surface area contributed by atoms with Gasteiger partial charge in [0, 0.05) is 24.4 Å². The topological polar surface area (TPSA) is 105 Å². The molecule has 0 aromatic heterocycles. The van der Waals surface area contributed by atoms with Crippen molar-refractivity contribution in [3.8, 4) is 0 Å². The number of nitrogens with zero attached hydrogens (tertiary/aromatic N) is 2. The Hall–Kier alpha value is -1.67. The fourth-order valence-electron chi connectivity index (χ4n) is 6.36. The third kappa shape index (κ3) is 9.02. The number of hydrogen-bond donors (Lipinski definition) is 2. The Kier molecular flexibility index (Phi) is 11.7. The van der Waals surface area contributed by atoms with Gasteiger partial charge in [-0.25, -0.2) is 0 Å². The van der Waals surface area contributed by atoms with E-state index in [2.05, 4.69) is 17.1 Å². The van der Waals surface area contributed by atoms with Gasteiger partial charge in [0.25, 0.3) is 0 Å². The highest BCUT2D eigenvalue weighted by molar-refractivity contribution is 5.83. The van der Waals surface area contributed by atoms with Crippen LogP contribution in [0, 0.1) is 40.9 Å². The Bertz CT molecular complexity index is 737. The zero-order chi connectivity index (χ0) is 27.0. The SMILES string of the molecule is CC1C2CCC(C2)C1CC(CC(CC(C)(C)C(=O)NCCCN(C)C)C(=O)OCCN(C)C)C(N)=O. The number of carbonyl (C=O) groups is 3. The van der Waals surface area contributed by atoms with E-state index < -0.39 is 11.3 Å². The summed E-state index contributed by atoms with van der Waals surface area (Å²) in [4.78, 5) is 42.8. The van der Waals surface area contributed by atoms with Crippen molar-refractivity contribution in [1.82, 2.24) is 15.1 Å². The van der Waals surface area contributed by atoms with E-state index in [-0.39, 0.29) is 30.3 Å². The van der Waals surface area contributed by atoms with E-state index in [0.29, 0.717) is 43.7 Å². The summed E-state index contributed by atoms with van der Waals surface area (Å²) >= 11 is 0. The van der Waals surface area contributed by atoms with Gasteiger partial charge in [-0.3, -0.25) is 14.4 Å². The molecular weight excluding hydrogens is 456 g/mol. The van der Waals surface area contributed by atoms with Crippen LogP contribution in [0.5, 0.6) is 0 Å². The van der Waals surface area contributed by atoms with E-state index in [4.69, 9.17) is 10.5 Å². The van der Waals surface area contributed by atoms with Crippen LogP contribution in [0.1, 0.15) is 65.7 Å². The van der Waals surface area contributed by atoms with Crippen LogP contribution in [0.3, 0.4) is 0 Å². The summed E-state index contributed by atoms with van der Waals surface area (Å²) in [5.74, 6) is 0.810. The zero-order valence-electron chi connectivity index (χ0n) is 23.8. The number of amides is 2. The lowest BCUT2D eigenvalue weighted by Crippen LogP contribution is -2.41. The van der Waals surface area contributed by atoms with E-state index in [1.807, 2.05) is 46.9 Å². The molecule has 3 N–H and O–H groups in total. The molecule has 2 fully saturated rings. The van der Waals surface area contributed by atoms with E-state index >= 15 is 0 Å². The molecule has 2 amide bonds. The van der Waals surface area contributed by atoms with Crippen LogP contribution < -0.4 is 11.1 Å². The molecule has 0 aromatic rings. The van der Waals surface area contributed by atoms with Crippen molar-refractivity contribution in [2.24, 2.45) is 46.7 Å². The maximum atomic E-state index is 13.2. The minimum absolute atomic E-state index is 0.0790. The van der Waals surface area contributed by atoms with E-state index in [1.54, 1.807) is 0 Å². The highest BCUT2D eigenvalue weighted by atomic mass is 16.5. The number of esters is 1. The summed E-state index contributed by atoms with van der Waals surface area (Å²) in [5.41, 5.74) is 5.12. The number of likely N-dealkylation sites (N-methyl/N-ethyl adjacent to an activating group) is 1. The smallest absolute Gasteiger partial charge is 0.309 e. The normalized spacial score (nSPS) is 25.2. The predicted octanol–water partition coefficient (Wildman–Crippen LogP) is 2.76. The molecule has 208 valence electrons. The summed E-state index contributed by atoms with van der Waals surface area (Å²) in [5, 5.41) is 3.02. The molecule has 2 bridgehead atoms. The molecule has 0 heterocycles. The lowest BCUT2D eigenvalue weighted by atomic mass is 9.72. The maximum Gasteiger partial charge on any atom is 0.309 e. The van der Waals surface area contributed by atoms with Gasteiger partial charge in [0.05, 0.1) is 5.92 Å². The summed E-state index contributed by atoms with van der Waals surface area (Å²) in [7, 11) is 7.86. The molecule has 6 atom stereocenters. The largest absolute Gasteiger partial charge is 0.464 e. The Morgan fingerprint density at radius 2 is 1.67 bits per heavy atom. The first-order valence-electron chi connectivity index (χ1n) is 13.9. The van der Waals surface area contributed by atoms with Gasteiger partial charge >= 0.3 is 5.97 Å². The van der Waals surface area contributed by atoms with Crippen LogP contribution in [0.25, 0.3) is 0 Å². The van der Waals surface area contributed by atoms with Crippen LogP contribution in [0.15, 0.2) is 0 Å². The average molecular weight is 509 g/mol. The molecule has 2 rings (SSSR count). The summed E-state index contributed by atoms with van der Waals surface area (Å²) in [6.07, 6.45) is 6.04. The number of hydrogen-bond acceptors (Lipinski definition) is 6. The molecule has 2 aliphatic rings. The van der Waals surface area contributed by atoms with Crippen molar-refractivity contribution < 1.29 is 19.1 Å². The van der Waals surface area contributed by atoms with Gasteiger partial charge in [-0.15, -0.1) is 0 Å². The molecule has 0 saturated heterocycles. The Morgan fingerprint density at radius 1 is 1.03 bits per heavy atom. The van der Waals surface area contributed by atoms with Crippen molar-refractivity contribution in [3.63, 3.8) is 0 Å². The molecule has 2 aliphatic carbocycles. The molecule has 0 aromatic carbocycles. The quantitative estimate of drug-likeness (QED) is 0.245. The Labute approximate surface area is 219 Å². The minimum atomic E-state index is -0.773. The Morgan fingerprint density at radius 3 is 2.22 bits per heavy atom. The second-order valence-corrected chi connectivity index (χ2v) is 12.6. The lowest BCUT2D eigenvalue weighted by Gasteiger charge is -2.33. The van der Waals surface area contributed by atoms with Crippen molar-refractivity contribution >= 4 is 17.8 Å². The number of nitrogens with one attached hydrogen (secondary N) is 1. The number of primary amides is 1. The van der Waals surface area contributed by atoms with Gasteiger partial charge in [-0.1, -0.05) is 20.8 Å². The van der Waals surface area contributed by atoms with Crippen LogP contribution in [-0.4, -0.2) is 82.0 Å². The maximum absolute atomic E-state index is 13.2. The minimum Gasteiger partial charge on any atom is -0.464 e. The molecule has 2 saturated carbocycles. The van der Waals surface area contributed by atoms with Crippen LogP contribution in [-0.2, 0) is 19.1 Å². The van der Waals surface area contributed by atoms with Crippen molar-refractivity contribution in [2.45, 2.75) is 65.7 Å². The molecule has 6 unspecified atom stereocenters. The highest BCUT2D eigenvalue weighted by Gasteiger charge is 2.46. The first-order chi connectivity index (χ1) is 16.8. The van der Waals surface area contributed by atoms with Gasteiger partial charge in [0.15, 0.2) is 0 Å². The third-order valence-electron chi connectivity index (χ3n) is 8.62. The van der Waals surface area contributed by atoms with Gasteiger partial charge in [0.1, 0.15) is 6.61 Å². The lowest BCUT2D eigenvalue weighted by molar-refractivity contribution is -0.151. The summed E-state index contributed by atoms with van der Waals surface area (Å²) in [6, 6.07) is 0. The average Bonchev–Trinajstić information content (AvgIpc) is 3.37. The summed E-state index contributed by atoms with van der Waals surface area (Å²) < 4.78 is 5.62. The van der Waals surface area contributed by atoms with Gasteiger partial charge in [-0.2, -0.15) is 0 Å². The zero-order valence-corrected chi connectivity index (χ0v) is 23.8. The van der Waals surface area contributed by atoms with E-state index in [0.717, 1.165) is 25.3 Å². The molecule has 8 nitrogen and oxygen atoms in total. The van der Waals surface area contributed by atoms with E-state index in [9.17, 15) is 14.4 Å². The fraction of sp³-hybridized carbons (Fsp3) is 0.893.